The molecule has 2 heterocycles. The van der Waals surface area contributed by atoms with E-state index in [4.69, 9.17) is 5.11 Å². The summed E-state index contributed by atoms with van der Waals surface area (Å²) in [6.45, 7) is 1.27. The lowest BCUT2D eigenvalue weighted by Crippen LogP contribution is -2.45. The maximum atomic E-state index is 12.0. The number of hydrogen-bond acceptors (Lipinski definition) is 3. The summed E-state index contributed by atoms with van der Waals surface area (Å²) in [6.07, 6.45) is 3.07. The van der Waals surface area contributed by atoms with Crippen LogP contribution in [-0.2, 0) is 4.79 Å². The second-order valence-electron chi connectivity index (χ2n) is 5.03. The van der Waals surface area contributed by atoms with E-state index in [-0.39, 0.29) is 18.4 Å². The number of carboxylic acid groups (broad SMARTS) is 1. The first-order valence-electron chi connectivity index (χ1n) is 6.50. The molecule has 0 aromatic rings. The molecule has 5 nitrogen and oxygen atoms in total. The van der Waals surface area contributed by atoms with Crippen LogP contribution in [0.15, 0.2) is 0 Å². The highest BCUT2D eigenvalue weighted by molar-refractivity contribution is 7.99. The number of carbonyl (C=O) groups is 2. The average molecular weight is 272 g/mol. The molecule has 1 unspecified atom stereocenters. The molecule has 2 N–H and O–H groups in total. The molecule has 0 aliphatic carbocycles. The molecule has 1 atom stereocenters. The molecule has 0 aromatic heterocycles. The van der Waals surface area contributed by atoms with Crippen molar-refractivity contribution >= 4 is 23.8 Å². The summed E-state index contributed by atoms with van der Waals surface area (Å²) in [4.78, 5) is 24.4. The molecule has 0 radical (unpaired) electrons. The molecule has 102 valence electrons. The Morgan fingerprint density at radius 1 is 1.28 bits per heavy atom. The summed E-state index contributed by atoms with van der Waals surface area (Å²) in [6, 6.07) is 0.289. The Labute approximate surface area is 111 Å². The molecule has 0 bridgehead atoms. The largest absolute Gasteiger partial charge is 0.481 e. The van der Waals surface area contributed by atoms with Gasteiger partial charge >= 0.3 is 12.0 Å². The highest BCUT2D eigenvalue weighted by Gasteiger charge is 2.28. The van der Waals surface area contributed by atoms with Gasteiger partial charge in [-0.2, -0.15) is 11.8 Å². The zero-order chi connectivity index (χ0) is 13.0. The first-order chi connectivity index (χ1) is 8.65. The van der Waals surface area contributed by atoms with E-state index in [1.807, 2.05) is 11.8 Å². The molecule has 0 saturated carbocycles. The summed E-state index contributed by atoms with van der Waals surface area (Å²) in [5.74, 6) is 1.58. The number of rotatable bonds is 3. The summed E-state index contributed by atoms with van der Waals surface area (Å²) in [5, 5.41) is 11.8. The molecule has 0 aromatic carbocycles. The van der Waals surface area contributed by atoms with E-state index in [0.717, 1.165) is 30.8 Å². The number of hydrogen-bond donors (Lipinski definition) is 2. The fourth-order valence-corrected chi connectivity index (χ4v) is 3.65. The zero-order valence-electron chi connectivity index (χ0n) is 10.4. The van der Waals surface area contributed by atoms with Gasteiger partial charge in [-0.1, -0.05) is 0 Å². The van der Waals surface area contributed by atoms with Gasteiger partial charge < -0.3 is 15.3 Å². The molecule has 2 aliphatic rings. The number of nitrogens with one attached hydrogen (secondary N) is 1. The lowest BCUT2D eigenvalue weighted by atomic mass is 10.1. The lowest BCUT2D eigenvalue weighted by molar-refractivity contribution is -0.138. The van der Waals surface area contributed by atoms with E-state index in [9.17, 15) is 9.59 Å². The highest BCUT2D eigenvalue weighted by Crippen LogP contribution is 2.21. The second kappa shape index (κ2) is 6.31. The Kier molecular flexibility index (Phi) is 4.74. The third kappa shape index (κ3) is 3.80. The maximum absolute atomic E-state index is 12.0. The molecule has 0 spiro atoms. The minimum Gasteiger partial charge on any atom is -0.481 e. The van der Waals surface area contributed by atoms with Gasteiger partial charge in [-0.15, -0.1) is 0 Å². The lowest BCUT2D eigenvalue weighted by Gasteiger charge is -2.25. The van der Waals surface area contributed by atoms with Gasteiger partial charge in [0.05, 0.1) is 0 Å². The predicted molar refractivity (Wildman–Crippen MR) is 70.8 cm³/mol. The number of likely N-dealkylation sites (tertiary alicyclic amines) is 1. The Hall–Kier alpha value is -0.910. The number of amides is 2. The van der Waals surface area contributed by atoms with Crippen molar-refractivity contribution in [2.75, 3.05) is 24.6 Å². The van der Waals surface area contributed by atoms with Gasteiger partial charge in [0, 0.05) is 25.6 Å². The van der Waals surface area contributed by atoms with Gasteiger partial charge in [0.2, 0.25) is 0 Å². The summed E-state index contributed by atoms with van der Waals surface area (Å²) < 4.78 is 0. The topological polar surface area (TPSA) is 69.6 Å². The van der Waals surface area contributed by atoms with Crippen LogP contribution in [0.3, 0.4) is 0 Å². The Morgan fingerprint density at radius 3 is 2.67 bits per heavy atom. The van der Waals surface area contributed by atoms with E-state index < -0.39 is 5.97 Å². The number of urea groups is 1. The van der Waals surface area contributed by atoms with Crippen LogP contribution in [0.4, 0.5) is 4.79 Å². The van der Waals surface area contributed by atoms with Crippen molar-refractivity contribution in [3.63, 3.8) is 0 Å². The highest BCUT2D eigenvalue weighted by atomic mass is 32.2. The molecule has 18 heavy (non-hydrogen) atoms. The van der Waals surface area contributed by atoms with Crippen molar-refractivity contribution in [3.8, 4) is 0 Å². The van der Waals surface area contributed by atoms with Crippen LogP contribution in [0.5, 0.6) is 0 Å². The molecular weight excluding hydrogens is 252 g/mol. The Bertz CT molecular complexity index is 318. The van der Waals surface area contributed by atoms with Crippen LogP contribution >= 0.6 is 11.8 Å². The first-order valence-corrected chi connectivity index (χ1v) is 7.65. The van der Waals surface area contributed by atoms with Crippen LogP contribution in [0, 0.1) is 5.92 Å². The summed E-state index contributed by atoms with van der Waals surface area (Å²) >= 11 is 1.94. The molecule has 2 aliphatic heterocycles. The Balaban J connectivity index is 1.74. The number of carbonyl (C=O) groups excluding carboxylic acids is 1. The minimum atomic E-state index is -0.772. The smallest absolute Gasteiger partial charge is 0.317 e. The predicted octanol–water partition coefficient (Wildman–Crippen LogP) is 1.39. The van der Waals surface area contributed by atoms with E-state index >= 15 is 0 Å². The van der Waals surface area contributed by atoms with Crippen LogP contribution in [-0.4, -0.2) is 52.6 Å². The SMILES string of the molecule is O=C(O)CC1CCN(C(=O)NC2CCSCC2)C1. The van der Waals surface area contributed by atoms with E-state index in [0.29, 0.717) is 19.1 Å². The Morgan fingerprint density at radius 2 is 2.00 bits per heavy atom. The van der Waals surface area contributed by atoms with Gasteiger partial charge in [-0.25, -0.2) is 4.79 Å². The van der Waals surface area contributed by atoms with Gasteiger partial charge in [0.15, 0.2) is 0 Å². The number of nitrogens with zero attached hydrogens (tertiary/aromatic N) is 1. The maximum Gasteiger partial charge on any atom is 0.317 e. The first kappa shape index (κ1) is 13.5. The quantitative estimate of drug-likeness (QED) is 0.814. The number of carboxylic acids is 1. The minimum absolute atomic E-state index is 0.0141. The standard InChI is InChI=1S/C12H20N2O3S/c15-11(16)7-9-1-4-14(8-9)12(17)13-10-2-5-18-6-3-10/h9-10H,1-8H2,(H,13,17)(H,15,16). The van der Waals surface area contributed by atoms with Crippen molar-refractivity contribution in [1.29, 1.82) is 0 Å². The third-order valence-electron chi connectivity index (χ3n) is 3.59. The number of thioether (sulfide) groups is 1. The van der Waals surface area contributed by atoms with E-state index in [1.165, 1.54) is 0 Å². The van der Waals surface area contributed by atoms with Crippen LogP contribution in [0.25, 0.3) is 0 Å². The van der Waals surface area contributed by atoms with Gasteiger partial charge in [0.25, 0.3) is 0 Å². The van der Waals surface area contributed by atoms with Crippen molar-refractivity contribution < 1.29 is 14.7 Å². The molecule has 2 amide bonds. The zero-order valence-corrected chi connectivity index (χ0v) is 11.2. The van der Waals surface area contributed by atoms with Crippen LogP contribution in [0.1, 0.15) is 25.7 Å². The fraction of sp³-hybridized carbons (Fsp3) is 0.833. The van der Waals surface area contributed by atoms with Gasteiger partial charge in [0.1, 0.15) is 0 Å². The van der Waals surface area contributed by atoms with Crippen LogP contribution < -0.4 is 5.32 Å². The van der Waals surface area contributed by atoms with Gasteiger partial charge in [-0.3, -0.25) is 4.79 Å². The molecule has 2 fully saturated rings. The molecule has 6 heteroatoms. The summed E-state index contributed by atoms with van der Waals surface area (Å²) in [7, 11) is 0. The van der Waals surface area contributed by atoms with Gasteiger partial charge in [-0.05, 0) is 36.7 Å². The van der Waals surface area contributed by atoms with E-state index in [1.54, 1.807) is 4.90 Å². The van der Waals surface area contributed by atoms with E-state index in [2.05, 4.69) is 5.32 Å². The molecular formula is C12H20N2O3S. The van der Waals surface area contributed by atoms with Crippen molar-refractivity contribution in [1.82, 2.24) is 10.2 Å². The summed E-state index contributed by atoms with van der Waals surface area (Å²) in [5.41, 5.74) is 0. The average Bonchev–Trinajstić information content (AvgIpc) is 2.78. The second-order valence-corrected chi connectivity index (χ2v) is 6.26. The van der Waals surface area contributed by atoms with Crippen molar-refractivity contribution in [2.45, 2.75) is 31.7 Å². The molecule has 2 rings (SSSR count). The normalized spacial score (nSPS) is 25.1. The number of aliphatic carboxylic acids is 1. The van der Waals surface area contributed by atoms with Crippen LogP contribution in [0.2, 0.25) is 0 Å². The molecule has 2 saturated heterocycles. The third-order valence-corrected chi connectivity index (χ3v) is 4.63. The van der Waals surface area contributed by atoms with Crippen molar-refractivity contribution in [3.05, 3.63) is 0 Å². The van der Waals surface area contributed by atoms with Crippen molar-refractivity contribution in [2.24, 2.45) is 5.92 Å². The fourth-order valence-electron chi connectivity index (χ4n) is 2.54. The monoisotopic (exact) mass is 272 g/mol.